The van der Waals surface area contributed by atoms with E-state index < -0.39 is 0 Å². The minimum atomic E-state index is -0.295. The predicted octanol–water partition coefficient (Wildman–Crippen LogP) is 3.42. The highest BCUT2D eigenvalue weighted by atomic mass is 35.5. The third kappa shape index (κ3) is 2.80. The smallest absolute Gasteiger partial charge is 0.160 e. The summed E-state index contributed by atoms with van der Waals surface area (Å²) in [6.07, 6.45) is 3.22. The number of aromatic amines is 1. The lowest BCUT2D eigenvalue weighted by Gasteiger charge is -2.37. The zero-order valence-electron chi connectivity index (χ0n) is 13.6. The number of fused-ring (bicyclic) bond motifs is 1. The number of aromatic nitrogens is 3. The number of nitrogens with zero attached hydrogens (tertiary/aromatic N) is 2. The highest BCUT2D eigenvalue weighted by Crippen LogP contribution is 2.38. The molecule has 4 rings (SSSR count). The van der Waals surface area contributed by atoms with Gasteiger partial charge in [0.25, 0.3) is 0 Å². The number of hydrogen-bond acceptors (Lipinski definition) is 4. The van der Waals surface area contributed by atoms with Crippen LogP contribution in [0.3, 0.4) is 0 Å². The number of ether oxygens (including phenoxy) is 1. The molecule has 2 aromatic heterocycles. The molecule has 130 valence electrons. The molecule has 1 fully saturated rings. The van der Waals surface area contributed by atoms with Gasteiger partial charge in [-0.05, 0) is 47.7 Å². The standard InChI is InChI=1S/C18H18ClFN4O/c19-16-15-14(1-4-22-17(15)24-23-16)11-7-12(9-13(20)8-11)18(10-21)2-5-25-6-3-18/h1,4,7-9H,2-3,5-6,10,21H2,(H,22,23,24). The summed E-state index contributed by atoms with van der Waals surface area (Å²) in [4.78, 5) is 4.22. The van der Waals surface area contributed by atoms with Gasteiger partial charge in [-0.25, -0.2) is 9.37 Å². The first kappa shape index (κ1) is 16.4. The Balaban J connectivity index is 1.89. The number of nitrogens with one attached hydrogen (secondary N) is 1. The molecule has 1 aliphatic rings. The van der Waals surface area contributed by atoms with E-state index in [9.17, 15) is 4.39 Å². The van der Waals surface area contributed by atoms with Crippen molar-refractivity contribution in [2.24, 2.45) is 5.73 Å². The van der Waals surface area contributed by atoms with Crippen molar-refractivity contribution in [3.05, 3.63) is 47.0 Å². The molecule has 0 radical (unpaired) electrons. The number of hydrogen-bond donors (Lipinski definition) is 2. The number of nitrogens with two attached hydrogens (primary N) is 1. The van der Waals surface area contributed by atoms with Gasteiger partial charge in [-0.1, -0.05) is 17.7 Å². The van der Waals surface area contributed by atoms with E-state index in [1.54, 1.807) is 12.3 Å². The molecule has 0 amide bonds. The first-order valence-electron chi connectivity index (χ1n) is 8.21. The minimum absolute atomic E-state index is 0.262. The van der Waals surface area contributed by atoms with Gasteiger partial charge in [0, 0.05) is 31.4 Å². The van der Waals surface area contributed by atoms with Crippen LogP contribution < -0.4 is 5.73 Å². The number of rotatable bonds is 3. The van der Waals surface area contributed by atoms with E-state index in [2.05, 4.69) is 15.2 Å². The number of H-pyrrole nitrogens is 1. The Morgan fingerprint density at radius 3 is 2.84 bits per heavy atom. The van der Waals surface area contributed by atoms with Gasteiger partial charge in [0.1, 0.15) is 5.82 Å². The van der Waals surface area contributed by atoms with Gasteiger partial charge in [-0.15, -0.1) is 0 Å². The molecule has 7 heteroatoms. The van der Waals surface area contributed by atoms with Crippen LogP contribution in [0.4, 0.5) is 4.39 Å². The van der Waals surface area contributed by atoms with Gasteiger partial charge in [-0.3, -0.25) is 5.10 Å². The lowest BCUT2D eigenvalue weighted by Crippen LogP contribution is -2.40. The molecule has 0 aliphatic carbocycles. The third-order valence-electron chi connectivity index (χ3n) is 5.08. The maximum Gasteiger partial charge on any atom is 0.160 e. The lowest BCUT2D eigenvalue weighted by atomic mass is 9.73. The molecule has 25 heavy (non-hydrogen) atoms. The fraction of sp³-hybridized carbons (Fsp3) is 0.333. The van der Waals surface area contributed by atoms with Gasteiger partial charge in [0.2, 0.25) is 0 Å². The van der Waals surface area contributed by atoms with E-state index in [1.807, 2.05) is 12.1 Å². The summed E-state index contributed by atoms with van der Waals surface area (Å²) in [7, 11) is 0. The van der Waals surface area contributed by atoms with E-state index >= 15 is 0 Å². The Hall–Kier alpha value is -2.02. The molecule has 0 bridgehead atoms. The summed E-state index contributed by atoms with van der Waals surface area (Å²) in [5.74, 6) is -0.295. The molecule has 3 N–H and O–H groups in total. The van der Waals surface area contributed by atoms with Crippen molar-refractivity contribution in [3.8, 4) is 11.1 Å². The fourth-order valence-corrected chi connectivity index (χ4v) is 3.81. The Bertz CT molecular complexity index is 921. The molecule has 5 nitrogen and oxygen atoms in total. The van der Waals surface area contributed by atoms with Gasteiger partial charge >= 0.3 is 0 Å². The maximum atomic E-state index is 14.5. The van der Waals surface area contributed by atoms with Crippen LogP contribution in [0, 0.1) is 5.82 Å². The molecule has 1 aromatic carbocycles. The van der Waals surface area contributed by atoms with Crippen LogP contribution in [0.2, 0.25) is 5.15 Å². The second-order valence-corrected chi connectivity index (χ2v) is 6.78. The summed E-state index contributed by atoms with van der Waals surface area (Å²) >= 11 is 6.20. The van der Waals surface area contributed by atoms with Crippen LogP contribution in [-0.2, 0) is 10.2 Å². The zero-order chi connectivity index (χ0) is 17.4. The van der Waals surface area contributed by atoms with E-state index in [-0.39, 0.29) is 11.2 Å². The molecule has 1 aliphatic heterocycles. The van der Waals surface area contributed by atoms with E-state index in [0.29, 0.717) is 35.9 Å². The molecular weight excluding hydrogens is 343 g/mol. The van der Waals surface area contributed by atoms with Crippen molar-refractivity contribution in [2.45, 2.75) is 18.3 Å². The second kappa shape index (κ2) is 6.37. The monoisotopic (exact) mass is 360 g/mol. The summed E-state index contributed by atoms with van der Waals surface area (Å²) in [6, 6.07) is 6.91. The molecule has 1 saturated heterocycles. The molecule has 0 saturated carbocycles. The normalized spacial score (nSPS) is 17.1. The average molecular weight is 361 g/mol. The topological polar surface area (TPSA) is 76.8 Å². The summed E-state index contributed by atoms with van der Waals surface area (Å²) < 4.78 is 19.9. The van der Waals surface area contributed by atoms with Crippen LogP contribution >= 0.6 is 11.6 Å². The Morgan fingerprint density at radius 1 is 1.28 bits per heavy atom. The Morgan fingerprint density at radius 2 is 2.08 bits per heavy atom. The van der Waals surface area contributed by atoms with Crippen molar-refractivity contribution in [2.75, 3.05) is 19.8 Å². The highest BCUT2D eigenvalue weighted by molar-refractivity contribution is 6.35. The molecule has 0 unspecified atom stereocenters. The number of halogens is 2. The minimum Gasteiger partial charge on any atom is -0.381 e. The SMILES string of the molecule is NCC1(c2cc(F)cc(-c3ccnc4[nH]nc(Cl)c34)c2)CCOCC1. The predicted molar refractivity (Wildman–Crippen MR) is 95.1 cm³/mol. The first-order valence-corrected chi connectivity index (χ1v) is 8.59. The fourth-order valence-electron chi connectivity index (χ4n) is 3.58. The van der Waals surface area contributed by atoms with E-state index in [1.165, 1.54) is 6.07 Å². The average Bonchev–Trinajstić information content (AvgIpc) is 3.03. The van der Waals surface area contributed by atoms with Crippen LogP contribution in [0.15, 0.2) is 30.5 Å². The largest absolute Gasteiger partial charge is 0.381 e. The van der Waals surface area contributed by atoms with Crippen LogP contribution in [0.25, 0.3) is 22.2 Å². The van der Waals surface area contributed by atoms with Crippen molar-refractivity contribution >= 4 is 22.6 Å². The molecule has 0 atom stereocenters. The maximum absolute atomic E-state index is 14.5. The van der Waals surface area contributed by atoms with Gasteiger partial charge in [0.15, 0.2) is 10.8 Å². The van der Waals surface area contributed by atoms with Crippen molar-refractivity contribution in [3.63, 3.8) is 0 Å². The van der Waals surface area contributed by atoms with Gasteiger partial charge < -0.3 is 10.5 Å². The highest BCUT2D eigenvalue weighted by Gasteiger charge is 2.34. The van der Waals surface area contributed by atoms with Gasteiger partial charge in [0.05, 0.1) is 5.39 Å². The van der Waals surface area contributed by atoms with Crippen molar-refractivity contribution in [1.29, 1.82) is 0 Å². The lowest BCUT2D eigenvalue weighted by molar-refractivity contribution is 0.0529. The number of benzene rings is 1. The van der Waals surface area contributed by atoms with Crippen LogP contribution in [-0.4, -0.2) is 34.9 Å². The first-order chi connectivity index (χ1) is 12.1. The van der Waals surface area contributed by atoms with Crippen molar-refractivity contribution in [1.82, 2.24) is 15.2 Å². The third-order valence-corrected chi connectivity index (χ3v) is 5.35. The molecule has 0 spiro atoms. The van der Waals surface area contributed by atoms with E-state index in [0.717, 1.165) is 29.5 Å². The van der Waals surface area contributed by atoms with Crippen LogP contribution in [0.1, 0.15) is 18.4 Å². The molecular formula is C18H18ClFN4O. The summed E-state index contributed by atoms with van der Waals surface area (Å²) in [6.45, 7) is 1.73. The van der Waals surface area contributed by atoms with Crippen LogP contribution in [0.5, 0.6) is 0 Å². The Kier molecular flexibility index (Phi) is 4.19. The quantitative estimate of drug-likeness (QED) is 0.750. The zero-order valence-corrected chi connectivity index (χ0v) is 14.3. The Labute approximate surface area is 149 Å². The molecule has 3 heterocycles. The summed E-state index contributed by atoms with van der Waals surface area (Å²) in [5, 5.41) is 7.79. The van der Waals surface area contributed by atoms with E-state index in [4.69, 9.17) is 22.1 Å². The number of pyridine rings is 1. The van der Waals surface area contributed by atoms with Crippen molar-refractivity contribution < 1.29 is 9.13 Å². The molecule has 3 aromatic rings. The second-order valence-electron chi connectivity index (χ2n) is 6.42. The van der Waals surface area contributed by atoms with Gasteiger partial charge in [-0.2, -0.15) is 5.10 Å². The summed E-state index contributed by atoms with van der Waals surface area (Å²) in [5.41, 5.74) is 8.83.